The first-order chi connectivity index (χ1) is 4.13. The van der Waals surface area contributed by atoms with E-state index >= 15 is 0 Å². The van der Waals surface area contributed by atoms with Crippen molar-refractivity contribution >= 4 is 29.4 Å². The molecule has 1 rings (SSSR count). The largest absolute Gasteiger partial charge is 0.307 e. The molecule has 0 saturated carbocycles. The van der Waals surface area contributed by atoms with Crippen LogP contribution < -0.4 is 5.73 Å². The lowest BCUT2D eigenvalue weighted by Gasteiger charge is -2.22. The molecule has 0 spiro atoms. The molecule has 0 fully saturated rings. The maximum Gasteiger partial charge on any atom is 0.159 e. The molecule has 2 atom stereocenters. The molecule has 1 aliphatic rings. The van der Waals surface area contributed by atoms with Crippen LogP contribution in [0.2, 0.25) is 0 Å². The Hall–Kier alpha value is -0.0500. The van der Waals surface area contributed by atoms with Crippen LogP contribution in [0.5, 0.6) is 0 Å². The number of nitrogens with zero attached hydrogens (tertiary/aromatic N) is 1. The molecule has 0 aromatic rings. The van der Waals surface area contributed by atoms with E-state index in [2.05, 4.69) is 4.99 Å². The van der Waals surface area contributed by atoms with E-state index in [-0.39, 0.29) is 0 Å². The third kappa shape index (κ3) is 1.45. The van der Waals surface area contributed by atoms with Gasteiger partial charge in [-0.1, -0.05) is 23.2 Å². The van der Waals surface area contributed by atoms with Gasteiger partial charge < -0.3 is 5.73 Å². The van der Waals surface area contributed by atoms with E-state index in [1.165, 1.54) is 0 Å². The maximum atomic E-state index is 5.67. The molecule has 0 aliphatic carbocycles. The second-order valence-corrected chi connectivity index (χ2v) is 2.89. The first-order valence-corrected chi connectivity index (χ1v) is 3.27. The number of halogens is 2. The van der Waals surface area contributed by atoms with Crippen molar-refractivity contribution in [2.75, 3.05) is 0 Å². The minimum absolute atomic E-state index is 0.552. The highest BCUT2D eigenvalue weighted by Crippen LogP contribution is 2.22. The van der Waals surface area contributed by atoms with Crippen LogP contribution in [0.25, 0.3) is 0 Å². The van der Waals surface area contributed by atoms with Crippen LogP contribution in [-0.2, 0) is 0 Å². The molecular formula is C5H6Cl2N2. The van der Waals surface area contributed by atoms with Gasteiger partial charge in [-0.3, -0.25) is 4.99 Å². The predicted octanol–water partition coefficient (Wildman–Crippen LogP) is 1.09. The summed E-state index contributed by atoms with van der Waals surface area (Å²) in [7, 11) is 0. The van der Waals surface area contributed by atoms with Gasteiger partial charge in [0, 0.05) is 6.21 Å². The molecule has 4 heteroatoms. The smallest absolute Gasteiger partial charge is 0.159 e. The molecule has 1 aliphatic heterocycles. The Morgan fingerprint density at radius 2 is 2.33 bits per heavy atom. The highest BCUT2D eigenvalue weighted by molar-refractivity contribution is 6.33. The first-order valence-electron chi connectivity index (χ1n) is 2.46. The summed E-state index contributed by atoms with van der Waals surface area (Å²) in [5.41, 5.74) is 4.90. The Morgan fingerprint density at radius 3 is 2.67 bits per heavy atom. The van der Waals surface area contributed by atoms with Crippen molar-refractivity contribution in [2.24, 2.45) is 10.7 Å². The zero-order valence-corrected chi connectivity index (χ0v) is 6.10. The number of hydrogen-bond acceptors (Lipinski definition) is 2. The third-order valence-corrected chi connectivity index (χ3v) is 1.94. The van der Waals surface area contributed by atoms with E-state index in [1.54, 1.807) is 18.4 Å². The standard InChI is InChI=1S/C5H6Cl2N2/c6-4-5(7,8)2-1-3-9-4/h1-4H,8H2. The van der Waals surface area contributed by atoms with Crippen LogP contribution in [0.4, 0.5) is 0 Å². The van der Waals surface area contributed by atoms with Crippen LogP contribution in [0.1, 0.15) is 0 Å². The lowest BCUT2D eigenvalue weighted by molar-refractivity contribution is 0.690. The molecule has 9 heavy (non-hydrogen) atoms. The zero-order chi connectivity index (χ0) is 6.91. The van der Waals surface area contributed by atoms with Gasteiger partial charge >= 0.3 is 0 Å². The van der Waals surface area contributed by atoms with Gasteiger partial charge in [0.1, 0.15) is 5.00 Å². The zero-order valence-electron chi connectivity index (χ0n) is 4.59. The fraction of sp³-hybridized carbons (Fsp3) is 0.400. The molecular weight excluding hydrogens is 159 g/mol. The number of alkyl halides is 2. The normalized spacial score (nSPS) is 41.4. The molecule has 0 aromatic carbocycles. The lowest BCUT2D eigenvalue weighted by Crippen LogP contribution is -2.40. The molecule has 0 bridgehead atoms. The van der Waals surface area contributed by atoms with Gasteiger partial charge in [0.15, 0.2) is 5.50 Å². The van der Waals surface area contributed by atoms with Gasteiger partial charge in [0.2, 0.25) is 0 Å². The van der Waals surface area contributed by atoms with E-state index in [0.717, 1.165) is 0 Å². The maximum absolute atomic E-state index is 5.67. The molecule has 0 saturated heterocycles. The average molecular weight is 165 g/mol. The van der Waals surface area contributed by atoms with Crippen molar-refractivity contribution < 1.29 is 0 Å². The van der Waals surface area contributed by atoms with E-state index < -0.39 is 10.5 Å². The highest BCUT2D eigenvalue weighted by atomic mass is 35.5. The summed E-state index contributed by atoms with van der Waals surface area (Å²) in [4.78, 5) is 2.78. The van der Waals surface area contributed by atoms with Crippen LogP contribution in [0.15, 0.2) is 17.1 Å². The van der Waals surface area contributed by atoms with E-state index in [0.29, 0.717) is 0 Å². The van der Waals surface area contributed by atoms with Crippen molar-refractivity contribution in [2.45, 2.75) is 10.5 Å². The number of dihydropyridines is 1. The summed E-state index contributed by atoms with van der Waals surface area (Å²) in [5, 5.41) is 0. The van der Waals surface area contributed by atoms with E-state index in [4.69, 9.17) is 28.9 Å². The summed E-state index contributed by atoms with van der Waals surface area (Å²) >= 11 is 11.3. The van der Waals surface area contributed by atoms with Crippen LogP contribution in [0, 0.1) is 0 Å². The highest BCUT2D eigenvalue weighted by Gasteiger charge is 2.28. The quantitative estimate of drug-likeness (QED) is 0.423. The second kappa shape index (κ2) is 2.29. The second-order valence-electron chi connectivity index (χ2n) is 1.82. The average Bonchev–Trinajstić information content (AvgIpc) is 1.77. The van der Waals surface area contributed by atoms with Gasteiger partial charge in [0.05, 0.1) is 0 Å². The Morgan fingerprint density at radius 1 is 1.67 bits per heavy atom. The van der Waals surface area contributed by atoms with Crippen LogP contribution >= 0.6 is 23.2 Å². The fourth-order valence-corrected chi connectivity index (χ4v) is 0.776. The molecule has 2 nitrogen and oxygen atoms in total. The molecule has 0 amide bonds. The van der Waals surface area contributed by atoms with Crippen molar-refractivity contribution in [3.8, 4) is 0 Å². The van der Waals surface area contributed by atoms with E-state index in [1.807, 2.05) is 0 Å². The van der Waals surface area contributed by atoms with Gasteiger partial charge in [-0.25, -0.2) is 0 Å². The minimum atomic E-state index is -1.00. The minimum Gasteiger partial charge on any atom is -0.307 e. The SMILES string of the molecule is NC1(Cl)C=CC=NC1Cl. The molecule has 2 unspecified atom stereocenters. The van der Waals surface area contributed by atoms with Gasteiger partial charge in [-0.2, -0.15) is 0 Å². The lowest BCUT2D eigenvalue weighted by atomic mass is 10.2. The number of rotatable bonds is 0. The van der Waals surface area contributed by atoms with Gasteiger partial charge in [-0.05, 0) is 12.2 Å². The summed E-state index contributed by atoms with van der Waals surface area (Å²) in [6.45, 7) is 0. The Labute approximate surface area is 63.3 Å². The van der Waals surface area contributed by atoms with Crippen molar-refractivity contribution in [1.82, 2.24) is 0 Å². The Kier molecular flexibility index (Phi) is 1.80. The molecule has 1 heterocycles. The van der Waals surface area contributed by atoms with Gasteiger partial charge in [-0.15, -0.1) is 0 Å². The van der Waals surface area contributed by atoms with Crippen molar-refractivity contribution in [3.05, 3.63) is 12.2 Å². The van der Waals surface area contributed by atoms with Crippen molar-refractivity contribution in [3.63, 3.8) is 0 Å². The fourth-order valence-electron chi connectivity index (χ4n) is 0.509. The summed E-state index contributed by atoms with van der Waals surface area (Å²) in [6, 6.07) is 0. The van der Waals surface area contributed by atoms with Crippen molar-refractivity contribution in [1.29, 1.82) is 0 Å². The number of hydrogen-bond donors (Lipinski definition) is 1. The monoisotopic (exact) mass is 164 g/mol. The van der Waals surface area contributed by atoms with Crippen LogP contribution in [-0.4, -0.2) is 16.7 Å². The Balaban J connectivity index is 2.78. The first kappa shape index (κ1) is 7.06. The number of nitrogens with two attached hydrogens (primary N) is 1. The Bertz CT molecular complexity index is 162. The summed E-state index contributed by atoms with van der Waals surface area (Å²) in [6.07, 6.45) is 4.86. The molecule has 0 radical (unpaired) electrons. The van der Waals surface area contributed by atoms with Crippen LogP contribution in [0.3, 0.4) is 0 Å². The van der Waals surface area contributed by atoms with Gasteiger partial charge in [0.25, 0.3) is 0 Å². The molecule has 0 aromatic heterocycles. The third-order valence-electron chi connectivity index (χ3n) is 1.02. The number of aliphatic imine (C=N–C) groups is 1. The topological polar surface area (TPSA) is 38.4 Å². The summed E-state index contributed by atoms with van der Waals surface area (Å²) in [5.74, 6) is 0. The van der Waals surface area contributed by atoms with E-state index in [9.17, 15) is 0 Å². The summed E-state index contributed by atoms with van der Waals surface area (Å²) < 4.78 is 0. The molecule has 2 N–H and O–H groups in total. The number of allylic oxidation sites excluding steroid dienone is 1. The predicted molar refractivity (Wildman–Crippen MR) is 40.0 cm³/mol. The molecule has 50 valence electrons.